The molecule has 0 bridgehead atoms. The largest absolute Gasteiger partial charge is 0.352 e. The molecule has 14 heavy (non-hydrogen) atoms. The lowest BCUT2D eigenvalue weighted by Crippen LogP contribution is -2.23. The number of unbranched alkanes of at least 4 members (excludes halogenated alkanes) is 1. The molecule has 1 amide bonds. The zero-order chi connectivity index (χ0) is 10.4. The Morgan fingerprint density at radius 2 is 2.57 bits per heavy atom. The van der Waals surface area contributed by atoms with Crippen molar-refractivity contribution in [3.63, 3.8) is 0 Å². The smallest absolute Gasteiger partial charge is 0.254 e. The van der Waals surface area contributed by atoms with Gasteiger partial charge in [0, 0.05) is 26.2 Å². The Morgan fingerprint density at radius 3 is 3.14 bits per heavy atom. The zero-order valence-corrected chi connectivity index (χ0v) is 8.16. The lowest BCUT2D eigenvalue weighted by atomic mass is 10.3. The number of amides is 1. The van der Waals surface area contributed by atoms with Crippen molar-refractivity contribution in [2.75, 3.05) is 6.54 Å². The van der Waals surface area contributed by atoms with E-state index in [9.17, 15) is 4.79 Å². The summed E-state index contributed by atoms with van der Waals surface area (Å²) in [5.41, 5.74) is 0.577. The second-order valence-corrected chi connectivity index (χ2v) is 2.97. The maximum atomic E-state index is 11.4. The minimum atomic E-state index is -0.102. The summed E-state index contributed by atoms with van der Waals surface area (Å²) in [6.45, 7) is 0.609. The fraction of sp³-hybridized carbons (Fsp3) is 0.400. The topological polar surface area (TPSA) is 46.9 Å². The summed E-state index contributed by atoms with van der Waals surface area (Å²) >= 11 is 0. The second kappa shape index (κ2) is 5.07. The van der Waals surface area contributed by atoms with Crippen LogP contribution in [0.5, 0.6) is 0 Å². The van der Waals surface area contributed by atoms with E-state index in [0.29, 0.717) is 18.5 Å². The molecule has 0 saturated carbocycles. The molecule has 0 aromatic carbocycles. The number of hydrogen-bond acceptors (Lipinski definition) is 2. The highest BCUT2D eigenvalue weighted by Gasteiger charge is 2.05. The van der Waals surface area contributed by atoms with E-state index in [1.807, 2.05) is 0 Å². The number of aromatic nitrogens is 2. The van der Waals surface area contributed by atoms with E-state index in [-0.39, 0.29) is 5.91 Å². The highest BCUT2D eigenvalue weighted by molar-refractivity contribution is 5.93. The first kappa shape index (κ1) is 10.3. The van der Waals surface area contributed by atoms with E-state index in [0.717, 1.165) is 6.42 Å². The third kappa shape index (κ3) is 2.94. The quantitative estimate of drug-likeness (QED) is 0.558. The third-order valence-electron chi connectivity index (χ3n) is 1.75. The second-order valence-electron chi connectivity index (χ2n) is 2.97. The van der Waals surface area contributed by atoms with Gasteiger partial charge in [-0.15, -0.1) is 12.3 Å². The summed E-state index contributed by atoms with van der Waals surface area (Å²) in [4.78, 5) is 11.4. The first-order chi connectivity index (χ1) is 6.74. The van der Waals surface area contributed by atoms with Crippen LogP contribution < -0.4 is 5.32 Å². The molecule has 74 valence electrons. The van der Waals surface area contributed by atoms with Crippen LogP contribution in [0.3, 0.4) is 0 Å². The summed E-state index contributed by atoms with van der Waals surface area (Å²) in [7, 11) is 1.77. The van der Waals surface area contributed by atoms with Crippen molar-refractivity contribution >= 4 is 5.91 Å². The van der Waals surface area contributed by atoms with Gasteiger partial charge in [-0.1, -0.05) is 0 Å². The Labute approximate surface area is 83.3 Å². The van der Waals surface area contributed by atoms with Gasteiger partial charge in [0.2, 0.25) is 0 Å². The number of aryl methyl sites for hydroxylation is 1. The van der Waals surface area contributed by atoms with Gasteiger partial charge in [-0.05, 0) is 6.42 Å². The monoisotopic (exact) mass is 191 g/mol. The Balaban J connectivity index is 2.33. The minimum Gasteiger partial charge on any atom is -0.352 e. The molecule has 0 fully saturated rings. The van der Waals surface area contributed by atoms with Crippen LogP contribution in [0.25, 0.3) is 0 Å². The standard InChI is InChI=1S/C10H13N3O/c1-3-4-5-6-11-10(14)9-7-12-13(2)8-9/h1,7-8H,4-6H2,2H3,(H,11,14). The van der Waals surface area contributed by atoms with E-state index in [1.165, 1.54) is 6.20 Å². The molecule has 1 aromatic rings. The van der Waals surface area contributed by atoms with Crippen LogP contribution in [0.1, 0.15) is 23.2 Å². The van der Waals surface area contributed by atoms with E-state index in [2.05, 4.69) is 16.3 Å². The number of rotatable bonds is 4. The van der Waals surface area contributed by atoms with Gasteiger partial charge in [0.25, 0.3) is 5.91 Å². The molecule has 0 atom stereocenters. The summed E-state index contributed by atoms with van der Waals surface area (Å²) in [5, 5.41) is 6.66. The van der Waals surface area contributed by atoms with Crippen LogP contribution in [-0.4, -0.2) is 22.2 Å². The third-order valence-corrected chi connectivity index (χ3v) is 1.75. The van der Waals surface area contributed by atoms with Crippen molar-refractivity contribution in [2.45, 2.75) is 12.8 Å². The number of nitrogens with zero attached hydrogens (tertiary/aromatic N) is 2. The van der Waals surface area contributed by atoms with Gasteiger partial charge >= 0.3 is 0 Å². The Kier molecular flexibility index (Phi) is 3.74. The van der Waals surface area contributed by atoms with Gasteiger partial charge in [0.05, 0.1) is 11.8 Å². The van der Waals surface area contributed by atoms with Gasteiger partial charge in [0.1, 0.15) is 0 Å². The molecule has 4 nitrogen and oxygen atoms in total. The molecular weight excluding hydrogens is 178 g/mol. The van der Waals surface area contributed by atoms with Crippen LogP contribution in [0, 0.1) is 12.3 Å². The minimum absolute atomic E-state index is 0.102. The molecule has 0 spiro atoms. The molecule has 0 unspecified atom stereocenters. The van der Waals surface area contributed by atoms with E-state index < -0.39 is 0 Å². The Bertz CT molecular complexity index is 348. The summed E-state index contributed by atoms with van der Waals surface area (Å²) < 4.78 is 1.59. The van der Waals surface area contributed by atoms with Crippen molar-refractivity contribution in [2.24, 2.45) is 7.05 Å². The maximum absolute atomic E-state index is 11.4. The predicted octanol–water partition coefficient (Wildman–Crippen LogP) is 0.563. The number of carbonyl (C=O) groups is 1. The first-order valence-corrected chi connectivity index (χ1v) is 4.44. The van der Waals surface area contributed by atoms with Crippen LogP contribution in [0.4, 0.5) is 0 Å². The van der Waals surface area contributed by atoms with Crippen LogP contribution in [0.2, 0.25) is 0 Å². The van der Waals surface area contributed by atoms with Gasteiger partial charge in [-0.2, -0.15) is 5.10 Å². The van der Waals surface area contributed by atoms with Crippen molar-refractivity contribution in [3.8, 4) is 12.3 Å². The normalized spacial score (nSPS) is 9.43. The molecule has 4 heteroatoms. The van der Waals surface area contributed by atoms with Gasteiger partial charge in [-0.25, -0.2) is 0 Å². The fourth-order valence-corrected chi connectivity index (χ4v) is 1.03. The first-order valence-electron chi connectivity index (χ1n) is 4.44. The molecule has 1 rings (SSSR count). The van der Waals surface area contributed by atoms with Crippen molar-refractivity contribution in [3.05, 3.63) is 18.0 Å². The average Bonchev–Trinajstić information content (AvgIpc) is 2.59. The molecule has 1 aromatic heterocycles. The SMILES string of the molecule is C#CCCCNC(=O)c1cnn(C)c1. The number of nitrogens with one attached hydrogen (secondary N) is 1. The average molecular weight is 191 g/mol. The molecule has 0 aliphatic heterocycles. The van der Waals surface area contributed by atoms with E-state index in [4.69, 9.17) is 6.42 Å². The van der Waals surface area contributed by atoms with Crippen molar-refractivity contribution in [1.29, 1.82) is 0 Å². The van der Waals surface area contributed by atoms with Crippen LogP contribution >= 0.6 is 0 Å². The van der Waals surface area contributed by atoms with Crippen molar-refractivity contribution < 1.29 is 4.79 Å². The van der Waals surface area contributed by atoms with Gasteiger partial charge in [0.15, 0.2) is 0 Å². The maximum Gasteiger partial charge on any atom is 0.254 e. The lowest BCUT2D eigenvalue weighted by Gasteiger charge is -2.00. The number of carbonyl (C=O) groups excluding carboxylic acids is 1. The number of terminal acetylenes is 1. The molecule has 0 aliphatic carbocycles. The fourth-order valence-electron chi connectivity index (χ4n) is 1.03. The highest BCUT2D eigenvalue weighted by atomic mass is 16.1. The van der Waals surface area contributed by atoms with Crippen LogP contribution in [0.15, 0.2) is 12.4 Å². The number of hydrogen-bond donors (Lipinski definition) is 1. The lowest BCUT2D eigenvalue weighted by molar-refractivity contribution is 0.0953. The Morgan fingerprint density at radius 1 is 1.79 bits per heavy atom. The highest BCUT2D eigenvalue weighted by Crippen LogP contribution is 1.95. The summed E-state index contributed by atoms with van der Waals surface area (Å²) in [6, 6.07) is 0. The van der Waals surface area contributed by atoms with E-state index >= 15 is 0 Å². The summed E-state index contributed by atoms with van der Waals surface area (Å²) in [5.74, 6) is 2.42. The zero-order valence-electron chi connectivity index (χ0n) is 8.16. The molecule has 1 heterocycles. The molecular formula is C10H13N3O. The van der Waals surface area contributed by atoms with Gasteiger partial charge < -0.3 is 5.32 Å². The summed E-state index contributed by atoms with van der Waals surface area (Å²) in [6.07, 6.45) is 9.79. The van der Waals surface area contributed by atoms with Crippen LogP contribution in [-0.2, 0) is 7.05 Å². The molecule has 0 saturated heterocycles. The molecule has 0 aliphatic rings. The molecule has 1 N–H and O–H groups in total. The van der Waals surface area contributed by atoms with E-state index in [1.54, 1.807) is 17.9 Å². The predicted molar refractivity (Wildman–Crippen MR) is 53.6 cm³/mol. The molecule has 0 radical (unpaired) electrons. The Hall–Kier alpha value is -1.76. The van der Waals surface area contributed by atoms with Crippen molar-refractivity contribution in [1.82, 2.24) is 15.1 Å². The van der Waals surface area contributed by atoms with Gasteiger partial charge in [-0.3, -0.25) is 9.48 Å².